The molecule has 108 valence electrons. The molecular weight excluding hydrogens is 278 g/mol. The first kappa shape index (κ1) is 12.8. The van der Waals surface area contributed by atoms with Gasteiger partial charge in [0.25, 0.3) is 11.5 Å². The first-order valence-corrected chi connectivity index (χ1v) is 7.09. The topological polar surface area (TPSA) is 64.0 Å². The van der Waals surface area contributed by atoms with E-state index in [1.807, 2.05) is 31.2 Å². The van der Waals surface area contributed by atoms with E-state index in [1.54, 1.807) is 28.8 Å². The number of amides is 1. The molecule has 22 heavy (non-hydrogen) atoms. The van der Waals surface area contributed by atoms with Crippen LogP contribution in [0, 0.1) is 0 Å². The molecule has 0 spiro atoms. The van der Waals surface area contributed by atoms with Crippen LogP contribution < -0.4 is 10.9 Å². The second-order valence-corrected chi connectivity index (χ2v) is 5.34. The number of benzene rings is 2. The number of para-hydroxylation sites is 2. The Balaban J connectivity index is 2.20. The zero-order valence-corrected chi connectivity index (χ0v) is 11.9. The summed E-state index contributed by atoms with van der Waals surface area (Å²) >= 11 is 0. The Morgan fingerprint density at radius 3 is 2.64 bits per heavy atom. The number of rotatable bonds is 0. The van der Waals surface area contributed by atoms with Crippen molar-refractivity contribution in [1.82, 2.24) is 14.9 Å². The molecule has 0 bridgehead atoms. The lowest BCUT2D eigenvalue weighted by atomic mass is 10.1. The highest BCUT2D eigenvalue weighted by Gasteiger charge is 2.26. The van der Waals surface area contributed by atoms with E-state index in [4.69, 9.17) is 0 Å². The molecule has 1 atom stereocenters. The van der Waals surface area contributed by atoms with Crippen LogP contribution in [0.1, 0.15) is 29.1 Å². The predicted molar refractivity (Wildman–Crippen MR) is 83.2 cm³/mol. The molecule has 4 rings (SSSR count). The van der Waals surface area contributed by atoms with E-state index in [9.17, 15) is 9.59 Å². The van der Waals surface area contributed by atoms with Crippen LogP contribution in [0.15, 0.2) is 53.3 Å². The standard InChI is InChI=1S/C17H13N3O2/c1-10-15-19-13-8-4-2-6-11(13)17(22)20(15)14-9-5-3-7-12(14)16(21)18-10/h2-10H,1H3,(H,18,21). The van der Waals surface area contributed by atoms with E-state index in [-0.39, 0.29) is 17.5 Å². The smallest absolute Gasteiger partial charge is 0.266 e. The van der Waals surface area contributed by atoms with Crippen LogP contribution in [0.2, 0.25) is 0 Å². The minimum atomic E-state index is -0.350. The summed E-state index contributed by atoms with van der Waals surface area (Å²) in [5.41, 5.74) is 1.53. The number of nitrogens with one attached hydrogen (secondary N) is 1. The Hall–Kier alpha value is -2.95. The van der Waals surface area contributed by atoms with E-state index >= 15 is 0 Å². The number of carbonyl (C=O) groups excluding carboxylic acids is 1. The molecule has 1 N–H and O–H groups in total. The monoisotopic (exact) mass is 291 g/mol. The molecule has 0 fully saturated rings. The second-order valence-electron chi connectivity index (χ2n) is 5.34. The second kappa shape index (κ2) is 4.53. The van der Waals surface area contributed by atoms with Gasteiger partial charge in [-0.2, -0.15) is 0 Å². The average molecular weight is 291 g/mol. The van der Waals surface area contributed by atoms with Gasteiger partial charge in [-0.15, -0.1) is 0 Å². The van der Waals surface area contributed by atoms with Gasteiger partial charge in [0.05, 0.1) is 28.2 Å². The Kier molecular flexibility index (Phi) is 2.63. The molecule has 1 amide bonds. The van der Waals surface area contributed by atoms with Crippen molar-refractivity contribution < 1.29 is 4.79 Å². The maximum absolute atomic E-state index is 12.9. The molecular formula is C17H13N3O2. The van der Waals surface area contributed by atoms with Crippen LogP contribution in [0.5, 0.6) is 0 Å². The summed E-state index contributed by atoms with van der Waals surface area (Å²) in [6.07, 6.45) is 0. The summed E-state index contributed by atoms with van der Waals surface area (Å²) in [6.45, 7) is 1.83. The molecule has 1 aliphatic heterocycles. The molecule has 0 radical (unpaired) electrons. The van der Waals surface area contributed by atoms with E-state index < -0.39 is 0 Å². The van der Waals surface area contributed by atoms with Gasteiger partial charge in [-0.25, -0.2) is 4.98 Å². The van der Waals surface area contributed by atoms with Crippen LogP contribution in [0.3, 0.4) is 0 Å². The highest BCUT2D eigenvalue weighted by Crippen LogP contribution is 2.24. The summed E-state index contributed by atoms with van der Waals surface area (Å²) in [7, 11) is 0. The van der Waals surface area contributed by atoms with Gasteiger partial charge in [0.2, 0.25) is 0 Å². The van der Waals surface area contributed by atoms with E-state index in [0.717, 1.165) is 0 Å². The summed E-state index contributed by atoms with van der Waals surface area (Å²) in [6, 6.07) is 14.0. The number of nitrogens with zero attached hydrogens (tertiary/aromatic N) is 2. The third kappa shape index (κ3) is 1.69. The lowest BCUT2D eigenvalue weighted by Crippen LogP contribution is -2.28. The maximum Gasteiger partial charge on any atom is 0.266 e. The maximum atomic E-state index is 12.9. The highest BCUT2D eigenvalue weighted by molar-refractivity contribution is 5.98. The van der Waals surface area contributed by atoms with Crippen molar-refractivity contribution in [2.45, 2.75) is 13.0 Å². The van der Waals surface area contributed by atoms with Crippen LogP contribution in [0.4, 0.5) is 0 Å². The zero-order chi connectivity index (χ0) is 15.3. The van der Waals surface area contributed by atoms with Crippen molar-refractivity contribution in [3.63, 3.8) is 0 Å². The van der Waals surface area contributed by atoms with Crippen LogP contribution in [-0.2, 0) is 0 Å². The first-order chi connectivity index (χ1) is 10.7. The number of aromatic nitrogens is 2. The largest absolute Gasteiger partial charge is 0.342 e. The number of fused-ring (bicyclic) bond motifs is 4. The van der Waals surface area contributed by atoms with Crippen molar-refractivity contribution in [2.24, 2.45) is 0 Å². The molecule has 2 aromatic carbocycles. The summed E-state index contributed by atoms with van der Waals surface area (Å²) in [5, 5.41) is 3.43. The van der Waals surface area contributed by atoms with Crippen molar-refractivity contribution in [1.29, 1.82) is 0 Å². The Bertz CT molecular complexity index is 975. The Labute approximate surface area is 126 Å². The zero-order valence-electron chi connectivity index (χ0n) is 11.9. The van der Waals surface area contributed by atoms with Crippen molar-refractivity contribution in [3.8, 4) is 5.69 Å². The lowest BCUT2D eigenvalue weighted by Gasteiger charge is -2.15. The van der Waals surface area contributed by atoms with Gasteiger partial charge in [-0.05, 0) is 31.2 Å². The van der Waals surface area contributed by atoms with Crippen molar-refractivity contribution in [2.75, 3.05) is 0 Å². The van der Waals surface area contributed by atoms with Crippen LogP contribution >= 0.6 is 0 Å². The molecule has 1 unspecified atom stereocenters. The molecule has 1 aliphatic rings. The Morgan fingerprint density at radius 2 is 1.77 bits per heavy atom. The van der Waals surface area contributed by atoms with Gasteiger partial charge in [0, 0.05) is 0 Å². The number of carbonyl (C=O) groups is 1. The van der Waals surface area contributed by atoms with E-state index in [1.165, 1.54) is 0 Å². The van der Waals surface area contributed by atoms with E-state index in [2.05, 4.69) is 10.3 Å². The fourth-order valence-electron chi connectivity index (χ4n) is 2.87. The summed E-state index contributed by atoms with van der Waals surface area (Å²) in [4.78, 5) is 29.9. The quantitative estimate of drug-likeness (QED) is 0.690. The van der Waals surface area contributed by atoms with Gasteiger partial charge >= 0.3 is 0 Å². The molecule has 5 heteroatoms. The minimum absolute atomic E-state index is 0.156. The van der Waals surface area contributed by atoms with E-state index in [0.29, 0.717) is 28.0 Å². The van der Waals surface area contributed by atoms with Gasteiger partial charge < -0.3 is 5.32 Å². The minimum Gasteiger partial charge on any atom is -0.342 e. The number of hydrogen-bond acceptors (Lipinski definition) is 3. The third-order valence-electron chi connectivity index (χ3n) is 3.93. The van der Waals surface area contributed by atoms with Gasteiger partial charge in [0.15, 0.2) is 0 Å². The van der Waals surface area contributed by atoms with Crippen LogP contribution in [-0.4, -0.2) is 15.5 Å². The molecule has 3 aromatic rings. The van der Waals surface area contributed by atoms with Crippen molar-refractivity contribution >= 4 is 16.8 Å². The SMILES string of the molecule is CC1NC(=O)c2ccccc2-n2c1nc1ccccc1c2=O. The molecule has 0 saturated heterocycles. The molecule has 2 heterocycles. The van der Waals surface area contributed by atoms with Crippen molar-refractivity contribution in [3.05, 3.63) is 70.3 Å². The summed E-state index contributed by atoms with van der Waals surface area (Å²) < 4.78 is 1.54. The first-order valence-electron chi connectivity index (χ1n) is 7.09. The lowest BCUT2D eigenvalue weighted by molar-refractivity contribution is 0.0941. The average Bonchev–Trinajstić information content (AvgIpc) is 2.64. The fraction of sp³-hybridized carbons (Fsp3) is 0.118. The van der Waals surface area contributed by atoms with Gasteiger partial charge in [-0.1, -0.05) is 24.3 Å². The molecule has 0 saturated carbocycles. The van der Waals surface area contributed by atoms with Gasteiger partial charge in [0.1, 0.15) is 5.82 Å². The predicted octanol–water partition coefficient (Wildman–Crippen LogP) is 2.19. The third-order valence-corrected chi connectivity index (χ3v) is 3.93. The molecule has 0 aliphatic carbocycles. The van der Waals surface area contributed by atoms with Crippen LogP contribution in [0.25, 0.3) is 16.6 Å². The fourth-order valence-corrected chi connectivity index (χ4v) is 2.87. The van der Waals surface area contributed by atoms with Gasteiger partial charge in [-0.3, -0.25) is 14.2 Å². The highest BCUT2D eigenvalue weighted by atomic mass is 16.2. The molecule has 5 nitrogen and oxygen atoms in total. The molecule has 1 aromatic heterocycles. The summed E-state index contributed by atoms with van der Waals surface area (Å²) in [5.74, 6) is 0.346. The Morgan fingerprint density at radius 1 is 1.05 bits per heavy atom. The normalized spacial score (nSPS) is 16.6. The number of hydrogen-bond donors (Lipinski definition) is 1.